The molecule has 2 aromatic rings. The van der Waals surface area contributed by atoms with Gasteiger partial charge in [0.2, 0.25) is 0 Å². The van der Waals surface area contributed by atoms with Crippen LogP contribution in [0.2, 0.25) is 0 Å². The van der Waals surface area contributed by atoms with Crippen LogP contribution in [0.15, 0.2) is 47.4 Å². The maximum atomic E-state index is 13.0. The number of carbonyl (C=O) groups excluding carboxylic acids is 1. The van der Waals surface area contributed by atoms with Gasteiger partial charge in [-0.2, -0.15) is 0 Å². The van der Waals surface area contributed by atoms with Crippen LogP contribution in [0, 0.1) is 11.7 Å². The summed E-state index contributed by atoms with van der Waals surface area (Å²) in [4.78, 5) is 26.1. The van der Waals surface area contributed by atoms with E-state index in [1.54, 1.807) is 19.3 Å². The standard InChI is InChI=1S/C19H23FN2O3/c1-13(2)11-22(12-17(23)14-4-6-16(20)7-5-14)19(25)15-8-9-21(3)18(24)10-15/h4-10,13,17,23H,11-12H2,1-3H3. The Balaban J connectivity index is 2.22. The number of halogens is 1. The van der Waals surface area contributed by atoms with Gasteiger partial charge in [-0.05, 0) is 29.7 Å². The molecule has 1 atom stereocenters. The molecule has 25 heavy (non-hydrogen) atoms. The van der Waals surface area contributed by atoms with Gasteiger partial charge in [0.25, 0.3) is 11.5 Å². The molecule has 0 saturated heterocycles. The van der Waals surface area contributed by atoms with Crippen molar-refractivity contribution in [3.05, 3.63) is 69.9 Å². The first-order valence-electron chi connectivity index (χ1n) is 8.17. The van der Waals surface area contributed by atoms with Crippen molar-refractivity contribution < 1.29 is 14.3 Å². The van der Waals surface area contributed by atoms with E-state index in [0.29, 0.717) is 12.1 Å². The molecule has 1 unspecified atom stereocenters. The number of aromatic nitrogens is 1. The fourth-order valence-corrected chi connectivity index (χ4v) is 2.54. The van der Waals surface area contributed by atoms with Crippen LogP contribution < -0.4 is 5.56 Å². The zero-order valence-electron chi connectivity index (χ0n) is 14.6. The van der Waals surface area contributed by atoms with E-state index in [2.05, 4.69) is 0 Å². The van der Waals surface area contributed by atoms with Crippen LogP contribution in [-0.2, 0) is 7.05 Å². The molecule has 2 rings (SSSR count). The number of aryl methyl sites for hydroxylation is 1. The summed E-state index contributed by atoms with van der Waals surface area (Å²) in [5.41, 5.74) is 0.552. The second-order valence-electron chi connectivity index (χ2n) is 6.54. The van der Waals surface area contributed by atoms with E-state index >= 15 is 0 Å². The third-order valence-corrected chi connectivity index (χ3v) is 3.87. The Kier molecular flexibility index (Phi) is 6.09. The summed E-state index contributed by atoms with van der Waals surface area (Å²) in [5, 5.41) is 10.4. The molecule has 0 aliphatic heterocycles. The molecule has 1 N–H and O–H groups in total. The van der Waals surface area contributed by atoms with Crippen LogP contribution in [0.4, 0.5) is 4.39 Å². The summed E-state index contributed by atoms with van der Waals surface area (Å²) in [6, 6.07) is 8.41. The number of aliphatic hydroxyl groups excluding tert-OH is 1. The van der Waals surface area contributed by atoms with E-state index in [-0.39, 0.29) is 35.3 Å². The number of benzene rings is 1. The fourth-order valence-electron chi connectivity index (χ4n) is 2.54. The van der Waals surface area contributed by atoms with Gasteiger partial charge in [0, 0.05) is 31.4 Å². The molecule has 1 aromatic carbocycles. The highest BCUT2D eigenvalue weighted by Crippen LogP contribution is 2.17. The van der Waals surface area contributed by atoms with E-state index in [9.17, 15) is 19.1 Å². The zero-order valence-corrected chi connectivity index (χ0v) is 14.6. The number of carbonyl (C=O) groups is 1. The molecule has 0 spiro atoms. The Morgan fingerprint density at radius 3 is 2.40 bits per heavy atom. The van der Waals surface area contributed by atoms with E-state index in [1.807, 2.05) is 13.8 Å². The number of aliphatic hydroxyl groups is 1. The first kappa shape index (κ1) is 18.9. The second kappa shape index (κ2) is 8.07. The van der Waals surface area contributed by atoms with Crippen molar-refractivity contribution in [3.8, 4) is 0 Å². The van der Waals surface area contributed by atoms with Crippen molar-refractivity contribution in [2.75, 3.05) is 13.1 Å². The van der Waals surface area contributed by atoms with E-state index < -0.39 is 6.10 Å². The third kappa shape index (κ3) is 5.00. The van der Waals surface area contributed by atoms with Crippen LogP contribution in [0.5, 0.6) is 0 Å². The molecule has 0 saturated carbocycles. The lowest BCUT2D eigenvalue weighted by atomic mass is 10.1. The molecule has 0 fully saturated rings. The molecule has 0 aliphatic rings. The van der Waals surface area contributed by atoms with Crippen LogP contribution in [-0.4, -0.2) is 33.6 Å². The molecule has 1 heterocycles. The minimum atomic E-state index is -0.935. The van der Waals surface area contributed by atoms with E-state index in [1.165, 1.54) is 39.8 Å². The number of hydrogen-bond donors (Lipinski definition) is 1. The molecule has 5 nitrogen and oxygen atoms in total. The monoisotopic (exact) mass is 346 g/mol. The van der Waals surface area contributed by atoms with E-state index in [0.717, 1.165) is 0 Å². The van der Waals surface area contributed by atoms with E-state index in [4.69, 9.17) is 0 Å². The Morgan fingerprint density at radius 2 is 1.84 bits per heavy atom. The van der Waals surface area contributed by atoms with Crippen molar-refractivity contribution in [2.24, 2.45) is 13.0 Å². The number of nitrogens with zero attached hydrogens (tertiary/aromatic N) is 2. The molecule has 134 valence electrons. The summed E-state index contributed by atoms with van der Waals surface area (Å²) in [6.07, 6.45) is 0.606. The lowest BCUT2D eigenvalue weighted by Gasteiger charge is -2.27. The Hall–Kier alpha value is -2.47. The highest BCUT2D eigenvalue weighted by molar-refractivity contribution is 5.94. The largest absolute Gasteiger partial charge is 0.387 e. The maximum absolute atomic E-state index is 13.0. The van der Waals surface area contributed by atoms with Crippen molar-refractivity contribution in [1.29, 1.82) is 0 Å². The predicted octanol–water partition coefficient (Wildman–Crippen LogP) is 2.36. The minimum Gasteiger partial charge on any atom is -0.387 e. The highest BCUT2D eigenvalue weighted by atomic mass is 19.1. The average Bonchev–Trinajstić information content (AvgIpc) is 2.56. The van der Waals surface area contributed by atoms with Crippen molar-refractivity contribution in [2.45, 2.75) is 20.0 Å². The quantitative estimate of drug-likeness (QED) is 0.873. The number of amides is 1. The number of rotatable bonds is 6. The Labute approximate surface area is 146 Å². The molecule has 1 aromatic heterocycles. The van der Waals surface area contributed by atoms with Gasteiger partial charge in [0.1, 0.15) is 5.82 Å². The normalized spacial score (nSPS) is 12.2. The molecule has 0 bridgehead atoms. The molecule has 1 amide bonds. The van der Waals surface area contributed by atoms with Crippen LogP contribution >= 0.6 is 0 Å². The van der Waals surface area contributed by atoms with Gasteiger partial charge in [-0.3, -0.25) is 9.59 Å². The van der Waals surface area contributed by atoms with Crippen LogP contribution in [0.3, 0.4) is 0 Å². The third-order valence-electron chi connectivity index (χ3n) is 3.87. The van der Waals surface area contributed by atoms with Gasteiger partial charge in [0.15, 0.2) is 0 Å². The summed E-state index contributed by atoms with van der Waals surface area (Å²) in [7, 11) is 1.61. The lowest BCUT2D eigenvalue weighted by Crippen LogP contribution is -2.38. The molecular formula is C19H23FN2O3. The number of pyridine rings is 1. The Bertz CT molecular complexity index is 784. The first-order chi connectivity index (χ1) is 11.8. The van der Waals surface area contributed by atoms with Gasteiger partial charge >= 0.3 is 0 Å². The molecular weight excluding hydrogens is 323 g/mol. The summed E-state index contributed by atoms with van der Waals surface area (Å²) in [6.45, 7) is 4.44. The van der Waals surface area contributed by atoms with Crippen molar-refractivity contribution >= 4 is 5.91 Å². The maximum Gasteiger partial charge on any atom is 0.254 e. The zero-order chi connectivity index (χ0) is 18.6. The minimum absolute atomic E-state index is 0.0673. The smallest absolute Gasteiger partial charge is 0.254 e. The van der Waals surface area contributed by atoms with Gasteiger partial charge in [-0.1, -0.05) is 26.0 Å². The molecule has 0 radical (unpaired) electrons. The van der Waals surface area contributed by atoms with Gasteiger partial charge in [0.05, 0.1) is 12.6 Å². The summed E-state index contributed by atoms with van der Waals surface area (Å²) < 4.78 is 14.4. The molecule has 0 aliphatic carbocycles. The van der Waals surface area contributed by atoms with Gasteiger partial charge in [-0.25, -0.2) is 4.39 Å². The lowest BCUT2D eigenvalue weighted by molar-refractivity contribution is 0.0594. The number of hydrogen-bond acceptors (Lipinski definition) is 3. The van der Waals surface area contributed by atoms with Crippen molar-refractivity contribution in [3.63, 3.8) is 0 Å². The molecule has 6 heteroatoms. The van der Waals surface area contributed by atoms with Gasteiger partial charge < -0.3 is 14.6 Å². The summed E-state index contributed by atoms with van der Waals surface area (Å²) >= 11 is 0. The van der Waals surface area contributed by atoms with Gasteiger partial charge in [-0.15, -0.1) is 0 Å². The summed E-state index contributed by atoms with van der Waals surface area (Å²) in [5.74, 6) is -0.505. The second-order valence-corrected chi connectivity index (χ2v) is 6.54. The van der Waals surface area contributed by atoms with Crippen LogP contribution in [0.1, 0.15) is 35.9 Å². The first-order valence-corrected chi connectivity index (χ1v) is 8.17. The average molecular weight is 346 g/mol. The highest BCUT2D eigenvalue weighted by Gasteiger charge is 2.21. The topological polar surface area (TPSA) is 62.5 Å². The SMILES string of the molecule is CC(C)CN(CC(O)c1ccc(F)cc1)C(=O)c1ccn(C)c(=O)c1. The van der Waals surface area contributed by atoms with Crippen LogP contribution in [0.25, 0.3) is 0 Å². The van der Waals surface area contributed by atoms with Crippen molar-refractivity contribution in [1.82, 2.24) is 9.47 Å². The Morgan fingerprint density at radius 1 is 1.20 bits per heavy atom. The fraction of sp³-hybridized carbons (Fsp3) is 0.368. The predicted molar refractivity (Wildman–Crippen MR) is 93.8 cm³/mol.